The lowest BCUT2D eigenvalue weighted by Crippen LogP contribution is -2.57. The van der Waals surface area contributed by atoms with Crippen LogP contribution in [0.15, 0.2) is 42.7 Å². The number of rotatable bonds is 3. The van der Waals surface area contributed by atoms with Gasteiger partial charge in [-0.05, 0) is 44.0 Å². The molecule has 0 amide bonds. The van der Waals surface area contributed by atoms with Crippen molar-refractivity contribution in [2.45, 2.75) is 37.0 Å². The Kier molecular flexibility index (Phi) is 3.71. The van der Waals surface area contributed by atoms with Crippen molar-refractivity contribution >= 4 is 5.78 Å². The standard InChI is InChI=1S/C17H15F3N2O2/c1-15(24)9-16(10-15,14(23)12-4-2-3-6-21-12)13-8-11(5-7-22-13)17(18,19)20/h2-8,24H,9-10H2,1H3. The number of alkyl halides is 3. The molecule has 0 radical (unpaired) electrons. The van der Waals surface area contributed by atoms with Crippen LogP contribution in [0.1, 0.15) is 41.5 Å². The molecule has 1 aliphatic rings. The van der Waals surface area contributed by atoms with Gasteiger partial charge in [-0.15, -0.1) is 0 Å². The summed E-state index contributed by atoms with van der Waals surface area (Å²) in [4.78, 5) is 20.9. The van der Waals surface area contributed by atoms with Crippen molar-refractivity contribution in [3.8, 4) is 0 Å². The minimum atomic E-state index is -4.53. The quantitative estimate of drug-likeness (QED) is 0.875. The zero-order chi connectivity index (χ0) is 17.6. The SMILES string of the molecule is CC1(O)CC(C(=O)c2ccccn2)(c2cc(C(F)(F)F)ccn2)C1. The molecule has 4 nitrogen and oxygen atoms in total. The van der Waals surface area contributed by atoms with E-state index in [4.69, 9.17) is 0 Å². The highest BCUT2D eigenvalue weighted by molar-refractivity contribution is 6.03. The zero-order valence-electron chi connectivity index (χ0n) is 12.8. The van der Waals surface area contributed by atoms with Crippen molar-refractivity contribution in [3.05, 3.63) is 59.7 Å². The van der Waals surface area contributed by atoms with Gasteiger partial charge in [0.05, 0.1) is 22.3 Å². The highest BCUT2D eigenvalue weighted by atomic mass is 19.4. The van der Waals surface area contributed by atoms with E-state index in [1.807, 2.05) is 0 Å². The number of hydrogen-bond acceptors (Lipinski definition) is 4. The fraction of sp³-hybridized carbons (Fsp3) is 0.353. The summed E-state index contributed by atoms with van der Waals surface area (Å²) in [6.45, 7) is 1.55. The van der Waals surface area contributed by atoms with Crippen LogP contribution in [0.2, 0.25) is 0 Å². The summed E-state index contributed by atoms with van der Waals surface area (Å²) in [6, 6.07) is 6.52. The van der Waals surface area contributed by atoms with Gasteiger partial charge in [0.1, 0.15) is 5.69 Å². The summed E-state index contributed by atoms with van der Waals surface area (Å²) in [7, 11) is 0. The van der Waals surface area contributed by atoms with Crippen molar-refractivity contribution in [1.82, 2.24) is 9.97 Å². The fourth-order valence-electron chi connectivity index (χ4n) is 3.32. The number of carbonyl (C=O) groups is 1. The van der Waals surface area contributed by atoms with Crippen LogP contribution in [0.25, 0.3) is 0 Å². The lowest BCUT2D eigenvalue weighted by atomic mass is 9.55. The fourth-order valence-corrected chi connectivity index (χ4v) is 3.32. The first-order valence-corrected chi connectivity index (χ1v) is 7.36. The molecule has 1 aliphatic carbocycles. The maximum Gasteiger partial charge on any atom is 0.416 e. The van der Waals surface area contributed by atoms with Crippen molar-refractivity contribution in [2.75, 3.05) is 0 Å². The van der Waals surface area contributed by atoms with Crippen molar-refractivity contribution < 1.29 is 23.1 Å². The van der Waals surface area contributed by atoms with Gasteiger partial charge in [-0.3, -0.25) is 14.8 Å². The Hall–Kier alpha value is -2.28. The molecule has 0 unspecified atom stereocenters. The smallest absolute Gasteiger partial charge is 0.390 e. The number of aromatic nitrogens is 2. The summed E-state index contributed by atoms with van der Waals surface area (Å²) in [5.41, 5.74) is -3.13. The van der Waals surface area contributed by atoms with E-state index < -0.39 is 28.5 Å². The second-order valence-electron chi connectivity index (χ2n) is 6.40. The average Bonchev–Trinajstić information content (AvgIpc) is 2.51. The van der Waals surface area contributed by atoms with Crippen LogP contribution in [0.3, 0.4) is 0 Å². The van der Waals surface area contributed by atoms with Crippen LogP contribution in [0, 0.1) is 0 Å². The van der Waals surface area contributed by atoms with Gasteiger partial charge in [0, 0.05) is 12.4 Å². The monoisotopic (exact) mass is 336 g/mol. The third-order valence-electron chi connectivity index (χ3n) is 4.27. The van der Waals surface area contributed by atoms with Gasteiger partial charge in [0.25, 0.3) is 0 Å². The molecule has 1 saturated carbocycles. The van der Waals surface area contributed by atoms with Crippen molar-refractivity contribution in [2.24, 2.45) is 0 Å². The van der Waals surface area contributed by atoms with E-state index in [-0.39, 0.29) is 24.2 Å². The van der Waals surface area contributed by atoms with Crippen molar-refractivity contribution in [3.63, 3.8) is 0 Å². The Bertz CT molecular complexity index is 765. The van der Waals surface area contributed by atoms with Crippen LogP contribution in [0.4, 0.5) is 13.2 Å². The van der Waals surface area contributed by atoms with Crippen LogP contribution in [-0.4, -0.2) is 26.5 Å². The number of carbonyl (C=O) groups excluding carboxylic acids is 1. The number of nitrogens with zero attached hydrogens (tertiary/aromatic N) is 2. The van der Waals surface area contributed by atoms with Gasteiger partial charge in [-0.1, -0.05) is 6.07 Å². The minimum absolute atomic E-state index is 0.00369. The minimum Gasteiger partial charge on any atom is -0.390 e. The number of pyridine rings is 2. The molecule has 0 bridgehead atoms. The van der Waals surface area contributed by atoms with Crippen LogP contribution in [-0.2, 0) is 11.6 Å². The van der Waals surface area contributed by atoms with Gasteiger partial charge < -0.3 is 5.11 Å². The van der Waals surface area contributed by atoms with Crippen LogP contribution in [0.5, 0.6) is 0 Å². The molecular weight excluding hydrogens is 321 g/mol. The average molecular weight is 336 g/mol. The molecule has 0 spiro atoms. The molecule has 1 N–H and O–H groups in total. The van der Waals surface area contributed by atoms with Crippen LogP contribution >= 0.6 is 0 Å². The largest absolute Gasteiger partial charge is 0.416 e. The Morgan fingerprint density at radius 1 is 1.17 bits per heavy atom. The topological polar surface area (TPSA) is 63.1 Å². The van der Waals surface area contributed by atoms with Gasteiger partial charge in [0.15, 0.2) is 5.78 Å². The second kappa shape index (κ2) is 5.37. The molecule has 0 aromatic carbocycles. The number of Topliss-reactive ketones (excluding diaryl/α,β-unsaturated/α-hetero) is 1. The summed E-state index contributed by atoms with van der Waals surface area (Å²) < 4.78 is 38.9. The van der Waals surface area contributed by atoms with Gasteiger partial charge in [-0.2, -0.15) is 13.2 Å². The summed E-state index contributed by atoms with van der Waals surface area (Å²) in [5.74, 6) is -0.429. The first kappa shape index (κ1) is 16.6. The van der Waals surface area contributed by atoms with E-state index in [1.165, 1.54) is 12.3 Å². The number of aliphatic hydroxyl groups is 1. The maximum atomic E-state index is 13.0. The molecule has 0 saturated heterocycles. The van der Waals surface area contributed by atoms with Gasteiger partial charge in [0.2, 0.25) is 0 Å². The third-order valence-corrected chi connectivity index (χ3v) is 4.27. The molecule has 0 atom stereocenters. The normalized spacial score (nSPS) is 26.7. The van der Waals surface area contributed by atoms with Crippen LogP contribution < -0.4 is 0 Å². The lowest BCUT2D eigenvalue weighted by molar-refractivity contribution is -0.137. The van der Waals surface area contributed by atoms with E-state index in [0.29, 0.717) is 0 Å². The third kappa shape index (κ3) is 2.80. The Morgan fingerprint density at radius 3 is 2.42 bits per heavy atom. The molecule has 7 heteroatoms. The molecule has 126 valence electrons. The second-order valence-corrected chi connectivity index (χ2v) is 6.40. The first-order chi connectivity index (χ1) is 11.1. The molecular formula is C17H15F3N2O2. The number of ketones is 1. The zero-order valence-corrected chi connectivity index (χ0v) is 12.8. The predicted molar refractivity (Wildman–Crippen MR) is 79.3 cm³/mol. The highest BCUT2D eigenvalue weighted by Gasteiger charge is 2.58. The van der Waals surface area contributed by atoms with E-state index in [0.717, 1.165) is 18.3 Å². The number of halogens is 3. The van der Waals surface area contributed by atoms with Gasteiger partial charge >= 0.3 is 6.18 Å². The molecule has 0 aliphatic heterocycles. The number of hydrogen-bond donors (Lipinski definition) is 1. The van der Waals surface area contributed by atoms with E-state index in [2.05, 4.69) is 9.97 Å². The first-order valence-electron chi connectivity index (χ1n) is 7.36. The Balaban J connectivity index is 2.07. The van der Waals surface area contributed by atoms with E-state index in [9.17, 15) is 23.1 Å². The van der Waals surface area contributed by atoms with Crippen molar-refractivity contribution in [1.29, 1.82) is 0 Å². The Labute approximate surface area is 136 Å². The predicted octanol–water partition coefficient (Wildman–Crippen LogP) is 3.16. The van der Waals surface area contributed by atoms with E-state index in [1.54, 1.807) is 19.1 Å². The molecule has 24 heavy (non-hydrogen) atoms. The summed E-state index contributed by atoms with van der Waals surface area (Å²) >= 11 is 0. The molecule has 3 rings (SSSR count). The Morgan fingerprint density at radius 2 is 1.88 bits per heavy atom. The summed E-state index contributed by atoms with van der Waals surface area (Å²) in [6.07, 6.45) is -2.04. The van der Waals surface area contributed by atoms with Gasteiger partial charge in [-0.25, -0.2) is 0 Å². The highest BCUT2D eigenvalue weighted by Crippen LogP contribution is 2.51. The molecule has 2 aromatic rings. The summed E-state index contributed by atoms with van der Waals surface area (Å²) in [5, 5.41) is 10.1. The molecule has 2 heterocycles. The molecule has 1 fully saturated rings. The maximum absolute atomic E-state index is 13.0. The lowest BCUT2D eigenvalue weighted by Gasteiger charge is -2.50. The molecule has 2 aromatic heterocycles. The van der Waals surface area contributed by atoms with E-state index >= 15 is 0 Å².